The summed E-state index contributed by atoms with van der Waals surface area (Å²) in [4.78, 5) is 31.0. The zero-order valence-corrected chi connectivity index (χ0v) is 18.5. The maximum absolute atomic E-state index is 15.2. The van der Waals surface area contributed by atoms with Crippen LogP contribution in [0, 0.1) is 11.2 Å². The summed E-state index contributed by atoms with van der Waals surface area (Å²) >= 11 is 0. The Morgan fingerprint density at radius 1 is 1.03 bits per heavy atom. The second-order valence-electron chi connectivity index (χ2n) is 9.77. The molecule has 0 unspecified atom stereocenters. The number of aliphatic hydroxyl groups is 1. The number of nitrogens with zero attached hydrogens (tertiary/aromatic N) is 3. The first kappa shape index (κ1) is 21.5. The molecule has 5 rings (SSSR count). The molecular weight excluding hydrogens is 413 g/mol. The number of amides is 2. The van der Waals surface area contributed by atoms with Gasteiger partial charge in [-0.1, -0.05) is 0 Å². The van der Waals surface area contributed by atoms with E-state index < -0.39 is 11.5 Å². The van der Waals surface area contributed by atoms with E-state index in [1.165, 1.54) is 11.0 Å². The van der Waals surface area contributed by atoms with Crippen LogP contribution in [0.15, 0.2) is 18.2 Å². The summed E-state index contributed by atoms with van der Waals surface area (Å²) in [6.07, 6.45) is 5.79. The molecule has 1 N–H and O–H groups in total. The number of ether oxygens (including phenoxy) is 1. The molecule has 3 saturated heterocycles. The Labute approximate surface area is 188 Å². The van der Waals surface area contributed by atoms with Gasteiger partial charge in [-0.2, -0.15) is 0 Å². The first-order chi connectivity index (χ1) is 15.5. The molecular formula is C24H32FN3O4. The molecule has 32 heavy (non-hydrogen) atoms. The lowest BCUT2D eigenvalue weighted by atomic mass is 9.78. The fourth-order valence-electron chi connectivity index (χ4n) is 5.99. The molecule has 1 aromatic carbocycles. The number of aliphatic hydroxyl groups excluding tert-OH is 1. The van der Waals surface area contributed by atoms with Crippen molar-refractivity contribution in [2.24, 2.45) is 5.41 Å². The van der Waals surface area contributed by atoms with Gasteiger partial charge in [-0.25, -0.2) is 9.18 Å². The SMILES string of the molecule is O=C1OCCCN1c1ccc(N2CCC[C@@]3(CCN(C4CCC(O)CC4)C3=O)C2)c(F)c1. The Kier molecular flexibility index (Phi) is 5.73. The molecule has 8 heteroatoms. The van der Waals surface area contributed by atoms with Gasteiger partial charge in [0.1, 0.15) is 5.82 Å². The number of carbonyl (C=O) groups is 2. The van der Waals surface area contributed by atoms with Crippen molar-refractivity contribution < 1.29 is 23.8 Å². The van der Waals surface area contributed by atoms with E-state index in [0.29, 0.717) is 37.6 Å². The summed E-state index contributed by atoms with van der Waals surface area (Å²) in [6, 6.07) is 5.12. The summed E-state index contributed by atoms with van der Waals surface area (Å²) in [7, 11) is 0. The zero-order valence-electron chi connectivity index (χ0n) is 18.5. The molecule has 7 nitrogen and oxygen atoms in total. The fourth-order valence-corrected chi connectivity index (χ4v) is 5.99. The van der Waals surface area contributed by atoms with Gasteiger partial charge in [0, 0.05) is 32.2 Å². The van der Waals surface area contributed by atoms with Gasteiger partial charge in [0.15, 0.2) is 0 Å². The maximum atomic E-state index is 15.2. The molecule has 1 aliphatic carbocycles. The van der Waals surface area contributed by atoms with Crippen LogP contribution >= 0.6 is 0 Å². The van der Waals surface area contributed by atoms with Crippen LogP contribution in [0.3, 0.4) is 0 Å². The van der Waals surface area contributed by atoms with Crippen molar-refractivity contribution in [2.75, 3.05) is 42.6 Å². The van der Waals surface area contributed by atoms with Crippen molar-refractivity contribution in [3.63, 3.8) is 0 Å². The number of rotatable bonds is 3. The standard InChI is InChI=1S/C24H32FN3O4/c25-20-15-18(28-12-2-14-32-23(28)31)5-8-21(20)26-11-1-9-24(16-26)10-13-27(22(24)30)17-3-6-19(29)7-4-17/h5,8,15,17,19,29H,1-4,6-7,9-14,16H2/t17?,19?,24-/m1/s1. The smallest absolute Gasteiger partial charge is 0.414 e. The van der Waals surface area contributed by atoms with Crippen molar-refractivity contribution >= 4 is 23.4 Å². The monoisotopic (exact) mass is 445 g/mol. The third kappa shape index (κ3) is 3.83. The van der Waals surface area contributed by atoms with E-state index in [2.05, 4.69) is 0 Å². The Bertz CT molecular complexity index is 888. The lowest BCUT2D eigenvalue weighted by Crippen LogP contribution is -2.50. The van der Waals surface area contributed by atoms with Gasteiger partial charge < -0.3 is 19.6 Å². The number of cyclic esters (lactones) is 1. The summed E-state index contributed by atoms with van der Waals surface area (Å²) in [5.74, 6) is -0.168. The summed E-state index contributed by atoms with van der Waals surface area (Å²) < 4.78 is 20.2. The van der Waals surface area contributed by atoms with Crippen molar-refractivity contribution in [3.8, 4) is 0 Å². The van der Waals surface area contributed by atoms with Gasteiger partial charge in [0.05, 0.1) is 29.5 Å². The Hall–Kier alpha value is -2.35. The van der Waals surface area contributed by atoms with E-state index in [1.54, 1.807) is 12.1 Å². The maximum Gasteiger partial charge on any atom is 0.414 e. The lowest BCUT2D eigenvalue weighted by molar-refractivity contribution is -0.139. The van der Waals surface area contributed by atoms with Crippen molar-refractivity contribution in [1.29, 1.82) is 0 Å². The predicted octanol–water partition coefficient (Wildman–Crippen LogP) is 3.29. The van der Waals surface area contributed by atoms with E-state index >= 15 is 4.39 Å². The molecule has 4 fully saturated rings. The molecule has 1 saturated carbocycles. The number of anilines is 2. The number of likely N-dealkylation sites (tertiary alicyclic amines) is 1. The summed E-state index contributed by atoms with van der Waals surface area (Å²) in [5, 5.41) is 9.81. The number of hydrogen-bond donors (Lipinski definition) is 1. The van der Waals surface area contributed by atoms with Crippen LogP contribution in [0.1, 0.15) is 51.4 Å². The average molecular weight is 446 g/mol. The van der Waals surface area contributed by atoms with Crippen LogP contribution in [0.2, 0.25) is 0 Å². The molecule has 1 spiro atoms. The normalized spacial score (nSPS) is 31.4. The largest absolute Gasteiger partial charge is 0.449 e. The van der Waals surface area contributed by atoms with Gasteiger partial charge in [-0.05, 0) is 69.6 Å². The second-order valence-corrected chi connectivity index (χ2v) is 9.77. The summed E-state index contributed by atoms with van der Waals surface area (Å²) in [5.41, 5.74) is 0.548. The highest BCUT2D eigenvalue weighted by molar-refractivity contribution is 5.89. The molecule has 4 aliphatic rings. The molecule has 1 aromatic rings. The van der Waals surface area contributed by atoms with E-state index in [0.717, 1.165) is 57.9 Å². The molecule has 0 bridgehead atoms. The van der Waals surface area contributed by atoms with Crippen LogP contribution in [0.25, 0.3) is 0 Å². The quantitative estimate of drug-likeness (QED) is 0.773. The van der Waals surface area contributed by atoms with Gasteiger partial charge in [-0.3, -0.25) is 9.69 Å². The number of piperidine rings is 1. The third-order valence-corrected chi connectivity index (χ3v) is 7.79. The third-order valence-electron chi connectivity index (χ3n) is 7.79. The molecule has 3 aliphatic heterocycles. The minimum atomic E-state index is -0.448. The first-order valence-corrected chi connectivity index (χ1v) is 11.9. The van der Waals surface area contributed by atoms with Crippen LogP contribution in [0.4, 0.5) is 20.6 Å². The first-order valence-electron chi connectivity index (χ1n) is 11.9. The highest BCUT2D eigenvalue weighted by Gasteiger charge is 2.50. The number of carbonyl (C=O) groups excluding carboxylic acids is 2. The Morgan fingerprint density at radius 2 is 1.84 bits per heavy atom. The highest BCUT2D eigenvalue weighted by atomic mass is 19.1. The molecule has 1 atom stereocenters. The fraction of sp³-hybridized carbons (Fsp3) is 0.667. The lowest BCUT2D eigenvalue weighted by Gasteiger charge is -2.41. The number of halogens is 1. The van der Waals surface area contributed by atoms with Gasteiger partial charge in [0.2, 0.25) is 5.91 Å². The number of hydrogen-bond acceptors (Lipinski definition) is 5. The summed E-state index contributed by atoms with van der Waals surface area (Å²) in [6.45, 7) is 2.92. The van der Waals surface area contributed by atoms with Crippen LogP contribution in [-0.4, -0.2) is 66.9 Å². The van der Waals surface area contributed by atoms with Crippen LogP contribution < -0.4 is 9.80 Å². The molecule has 3 heterocycles. The van der Waals surface area contributed by atoms with Crippen molar-refractivity contribution in [2.45, 2.75) is 63.5 Å². The Balaban J connectivity index is 1.31. The predicted molar refractivity (Wildman–Crippen MR) is 118 cm³/mol. The van der Waals surface area contributed by atoms with E-state index in [4.69, 9.17) is 4.74 Å². The van der Waals surface area contributed by atoms with Gasteiger partial charge in [0.25, 0.3) is 0 Å². The van der Waals surface area contributed by atoms with E-state index in [-0.39, 0.29) is 23.9 Å². The topological polar surface area (TPSA) is 73.3 Å². The zero-order chi connectivity index (χ0) is 22.3. The van der Waals surface area contributed by atoms with E-state index in [1.807, 2.05) is 9.80 Å². The van der Waals surface area contributed by atoms with Crippen LogP contribution in [0.5, 0.6) is 0 Å². The van der Waals surface area contributed by atoms with Crippen LogP contribution in [-0.2, 0) is 9.53 Å². The minimum Gasteiger partial charge on any atom is -0.449 e. The average Bonchev–Trinajstić information content (AvgIpc) is 3.10. The molecule has 174 valence electrons. The van der Waals surface area contributed by atoms with Crippen molar-refractivity contribution in [1.82, 2.24) is 4.90 Å². The van der Waals surface area contributed by atoms with Gasteiger partial charge in [-0.15, -0.1) is 0 Å². The van der Waals surface area contributed by atoms with Crippen molar-refractivity contribution in [3.05, 3.63) is 24.0 Å². The van der Waals surface area contributed by atoms with Gasteiger partial charge >= 0.3 is 6.09 Å². The Morgan fingerprint density at radius 3 is 2.59 bits per heavy atom. The second kappa shape index (κ2) is 8.54. The minimum absolute atomic E-state index is 0.205. The molecule has 2 amide bonds. The molecule has 0 aromatic heterocycles. The van der Waals surface area contributed by atoms with E-state index in [9.17, 15) is 14.7 Å². The highest BCUT2D eigenvalue weighted by Crippen LogP contribution is 2.44. The number of benzene rings is 1. The molecule has 0 radical (unpaired) electrons.